The molecule has 1 amide bonds. The number of aryl methyl sites for hydroxylation is 1. The van der Waals surface area contributed by atoms with Gasteiger partial charge < -0.3 is 9.44 Å². The first-order valence-corrected chi connectivity index (χ1v) is 14.0. The van der Waals surface area contributed by atoms with Crippen LogP contribution in [0.2, 0.25) is 0 Å². The Balaban J connectivity index is 0.000000420. The van der Waals surface area contributed by atoms with Gasteiger partial charge >= 0.3 is 11.0 Å². The third-order valence-corrected chi connectivity index (χ3v) is 7.53. The van der Waals surface area contributed by atoms with E-state index in [4.69, 9.17) is 0 Å². The molecule has 0 aliphatic carbocycles. The number of carbonyl (C=O) groups excluding carboxylic acids is 1. The highest BCUT2D eigenvalue weighted by Gasteiger charge is 2.47. The van der Waals surface area contributed by atoms with E-state index >= 15 is 0 Å². The molecule has 0 bridgehead atoms. The van der Waals surface area contributed by atoms with Gasteiger partial charge in [0.2, 0.25) is 6.33 Å². The molecule has 1 heterocycles. The number of nitrogens with one attached hydrogen (secondary N) is 1. The lowest BCUT2D eigenvalue weighted by Crippen LogP contribution is -2.36. The zero-order chi connectivity index (χ0) is 29.4. The van der Waals surface area contributed by atoms with Crippen molar-refractivity contribution in [2.24, 2.45) is 5.92 Å². The maximum atomic E-state index is 12.6. The number of hydrogen-bond donors (Lipinski definition) is 1. The minimum atomic E-state index is -6.72. The summed E-state index contributed by atoms with van der Waals surface area (Å²) in [6.07, 6.45) is 8.42. The lowest BCUT2D eigenvalue weighted by molar-refractivity contribution is -0.696. The molecule has 0 spiro atoms. The molecule has 2 rings (SSSR count). The van der Waals surface area contributed by atoms with Gasteiger partial charge in [0.25, 0.3) is 5.91 Å². The standard InChI is InChI=1S/C19H27N3O.C2F6NO4S2/c1-4-5-11-21-12-13-22(15-21)18(16(2)3)19(23)20-14-17-9-7-6-8-10-17;3-1(4,5)14(10,11)9-15(12,13)2(6,7)8/h6-10,12-13,15-16,18H,4-5,11,14H2,1-3H3;/q;-1/p+1/t18-;/m0./s1. The van der Waals surface area contributed by atoms with Gasteiger partial charge in [0.05, 0.1) is 6.54 Å². The number of carbonyl (C=O) groups is 1. The van der Waals surface area contributed by atoms with Crippen LogP contribution in [0, 0.1) is 5.92 Å². The molecular formula is C21H28F6N4O5S2. The third kappa shape index (κ3) is 9.90. The van der Waals surface area contributed by atoms with E-state index in [2.05, 4.69) is 36.9 Å². The molecule has 0 unspecified atom stereocenters. The minimum absolute atomic E-state index is 0.0714. The lowest BCUT2D eigenvalue weighted by Gasteiger charge is -2.22. The Labute approximate surface area is 216 Å². The van der Waals surface area contributed by atoms with E-state index in [9.17, 15) is 48.0 Å². The monoisotopic (exact) mass is 594 g/mol. The predicted molar refractivity (Wildman–Crippen MR) is 125 cm³/mol. The molecule has 9 nitrogen and oxygen atoms in total. The largest absolute Gasteiger partial charge is 0.480 e. The molecule has 0 radical (unpaired) electrons. The van der Waals surface area contributed by atoms with Gasteiger partial charge in [-0.05, 0) is 12.0 Å². The smallest absolute Gasteiger partial charge is 0.421 e. The number of hydrogen-bond acceptors (Lipinski definition) is 5. The number of aromatic nitrogens is 2. The second-order valence-corrected chi connectivity index (χ2v) is 11.7. The van der Waals surface area contributed by atoms with E-state index in [0.717, 1.165) is 22.7 Å². The first-order chi connectivity index (χ1) is 17.3. The normalized spacial score (nSPS) is 13.5. The summed E-state index contributed by atoms with van der Waals surface area (Å²) in [7, 11) is -13.4. The van der Waals surface area contributed by atoms with Gasteiger partial charge in [-0.25, -0.2) is 26.0 Å². The van der Waals surface area contributed by atoms with Gasteiger partial charge in [-0.2, -0.15) is 26.3 Å². The van der Waals surface area contributed by atoms with Crippen LogP contribution in [0.3, 0.4) is 0 Å². The van der Waals surface area contributed by atoms with Crippen molar-refractivity contribution in [3.8, 4) is 0 Å². The summed E-state index contributed by atoms with van der Waals surface area (Å²) in [6, 6.07) is 9.84. The molecule has 0 fully saturated rings. The summed E-state index contributed by atoms with van der Waals surface area (Å²) in [5.74, 6) is 0.305. The molecular weight excluding hydrogens is 566 g/mol. The van der Waals surface area contributed by atoms with Crippen LogP contribution in [0.4, 0.5) is 26.3 Å². The highest BCUT2D eigenvalue weighted by molar-refractivity contribution is 8.13. The Bertz CT molecular complexity index is 1200. The molecule has 0 saturated carbocycles. The number of alkyl halides is 6. The van der Waals surface area contributed by atoms with Crippen molar-refractivity contribution in [3.63, 3.8) is 0 Å². The van der Waals surface area contributed by atoms with Gasteiger partial charge in [0.15, 0.2) is 26.1 Å². The number of rotatable bonds is 10. The van der Waals surface area contributed by atoms with Crippen molar-refractivity contribution in [1.82, 2.24) is 9.88 Å². The summed E-state index contributed by atoms with van der Waals surface area (Å²) in [4.78, 5) is 12.6. The van der Waals surface area contributed by atoms with Crippen LogP contribution < -0.4 is 9.88 Å². The molecule has 1 atom stereocenters. The third-order valence-electron chi connectivity index (χ3n) is 4.79. The van der Waals surface area contributed by atoms with Crippen LogP contribution in [0.5, 0.6) is 0 Å². The maximum absolute atomic E-state index is 12.6. The zero-order valence-corrected chi connectivity index (χ0v) is 22.2. The molecule has 17 heteroatoms. The van der Waals surface area contributed by atoms with Crippen LogP contribution in [-0.4, -0.2) is 38.3 Å². The first-order valence-electron chi connectivity index (χ1n) is 11.1. The second kappa shape index (κ2) is 13.4. The van der Waals surface area contributed by atoms with E-state index in [1.54, 1.807) is 0 Å². The van der Waals surface area contributed by atoms with Crippen molar-refractivity contribution in [1.29, 1.82) is 0 Å². The van der Waals surface area contributed by atoms with Crippen LogP contribution in [-0.2, 0) is 37.9 Å². The quantitative estimate of drug-likeness (QED) is 0.328. The van der Waals surface area contributed by atoms with Gasteiger partial charge in [0.1, 0.15) is 12.4 Å². The topological polar surface area (TPSA) is 120 Å². The van der Waals surface area contributed by atoms with Crippen LogP contribution in [0.15, 0.2) is 49.1 Å². The van der Waals surface area contributed by atoms with Gasteiger partial charge in [-0.15, -0.1) is 0 Å². The van der Waals surface area contributed by atoms with E-state index < -0.39 is 31.1 Å². The van der Waals surface area contributed by atoms with Crippen LogP contribution >= 0.6 is 0 Å². The van der Waals surface area contributed by atoms with Gasteiger partial charge in [-0.3, -0.25) is 4.79 Å². The lowest BCUT2D eigenvalue weighted by atomic mass is 10.0. The number of imidazole rings is 1. The molecule has 0 saturated heterocycles. The summed E-state index contributed by atoms with van der Waals surface area (Å²) in [6.45, 7) is 7.93. The number of sulfonamides is 2. The highest BCUT2D eigenvalue weighted by Crippen LogP contribution is 2.36. The van der Waals surface area contributed by atoms with E-state index in [-0.39, 0.29) is 17.9 Å². The molecule has 38 heavy (non-hydrogen) atoms. The first kappa shape index (κ1) is 33.4. The zero-order valence-electron chi connectivity index (χ0n) is 20.6. The molecule has 1 aromatic heterocycles. The average molecular weight is 595 g/mol. The predicted octanol–water partition coefficient (Wildman–Crippen LogP) is 4.15. The van der Waals surface area contributed by atoms with E-state index in [1.165, 1.54) is 6.42 Å². The SMILES string of the molecule is CCCC[n+]1ccn([C@H](C(=O)NCc2ccccc2)C(C)C)c1.O=S(=O)([N-]S(=O)(=O)C(F)(F)F)C(F)(F)F. The highest BCUT2D eigenvalue weighted by atomic mass is 32.3. The molecule has 1 aromatic carbocycles. The summed E-state index contributed by atoms with van der Waals surface area (Å²) in [5, 5.41) is 3.06. The van der Waals surface area contributed by atoms with Crippen molar-refractivity contribution < 1.29 is 52.5 Å². The Morgan fingerprint density at radius 3 is 1.97 bits per heavy atom. The summed E-state index contributed by atoms with van der Waals surface area (Å²) < 4.78 is 113. The van der Waals surface area contributed by atoms with E-state index in [1.807, 2.05) is 47.4 Å². The van der Waals surface area contributed by atoms with Crippen LogP contribution in [0.25, 0.3) is 4.13 Å². The van der Waals surface area contributed by atoms with Crippen molar-refractivity contribution in [3.05, 3.63) is 58.7 Å². The average Bonchev–Trinajstić information content (AvgIpc) is 3.23. The Morgan fingerprint density at radius 1 is 1.00 bits per heavy atom. The molecule has 0 aliphatic heterocycles. The second-order valence-electron chi connectivity index (χ2n) is 8.26. The fourth-order valence-corrected chi connectivity index (χ4v) is 4.64. The Hall–Kier alpha value is -2.66. The van der Waals surface area contributed by atoms with Crippen molar-refractivity contribution in [2.75, 3.05) is 0 Å². The fraction of sp³-hybridized carbons (Fsp3) is 0.524. The number of benzene rings is 1. The Morgan fingerprint density at radius 2 is 1.53 bits per heavy atom. The van der Waals surface area contributed by atoms with Crippen LogP contribution in [0.1, 0.15) is 45.2 Å². The number of amides is 1. The molecule has 1 N–H and O–H groups in total. The maximum Gasteiger partial charge on any atom is 0.480 e. The minimum Gasteiger partial charge on any atom is -0.421 e. The molecule has 2 aromatic rings. The number of halogens is 6. The van der Waals surface area contributed by atoms with Crippen molar-refractivity contribution in [2.45, 2.75) is 63.8 Å². The Kier molecular flexibility index (Phi) is 11.8. The fourth-order valence-electron chi connectivity index (χ4n) is 2.93. The molecule has 0 aliphatic rings. The summed E-state index contributed by atoms with van der Waals surface area (Å²) >= 11 is 0. The van der Waals surface area contributed by atoms with Gasteiger partial charge in [-0.1, -0.05) is 57.5 Å². The molecule has 216 valence electrons. The van der Waals surface area contributed by atoms with E-state index in [0.29, 0.717) is 6.54 Å². The number of nitrogens with zero attached hydrogens (tertiary/aromatic N) is 3. The van der Waals surface area contributed by atoms with Crippen molar-refractivity contribution >= 4 is 26.0 Å². The van der Waals surface area contributed by atoms with Gasteiger partial charge in [0, 0.05) is 12.5 Å². The number of unbranched alkanes of at least 4 members (excludes halogenated alkanes) is 1. The summed E-state index contributed by atoms with van der Waals surface area (Å²) in [5.41, 5.74) is -11.3.